The minimum absolute atomic E-state index is 0.00304. The van der Waals surface area contributed by atoms with Crippen molar-refractivity contribution in [2.24, 2.45) is 0 Å². The highest BCUT2D eigenvalue weighted by atomic mass is 16.5. The number of aliphatic carboxylic acids is 1. The molecule has 3 aromatic rings. The first-order valence-electron chi connectivity index (χ1n) is 7.43. The first-order chi connectivity index (χ1) is 12.0. The normalized spacial score (nSPS) is 10.4. The number of para-hydroxylation sites is 1. The van der Waals surface area contributed by atoms with Gasteiger partial charge in [-0.1, -0.05) is 18.2 Å². The molecule has 2 aromatic carbocycles. The summed E-state index contributed by atoms with van der Waals surface area (Å²) in [6, 6.07) is 15.5. The van der Waals surface area contributed by atoms with Crippen LogP contribution in [0, 0.1) is 0 Å². The zero-order valence-electron chi connectivity index (χ0n) is 13.0. The molecule has 3 rings (SSSR count). The number of benzene rings is 2. The quantitative estimate of drug-likeness (QED) is 0.740. The second-order valence-electron chi connectivity index (χ2n) is 5.24. The van der Waals surface area contributed by atoms with Gasteiger partial charge in [0.25, 0.3) is 5.56 Å². The maximum Gasteiger partial charge on any atom is 0.332 e. The highest BCUT2D eigenvalue weighted by molar-refractivity contribution is 5.69. The summed E-state index contributed by atoms with van der Waals surface area (Å²) in [7, 11) is 0. The second-order valence-corrected chi connectivity index (χ2v) is 5.24. The lowest BCUT2D eigenvalue weighted by Crippen LogP contribution is -2.36. The number of nitrogens with zero attached hydrogens (tertiary/aromatic N) is 1. The summed E-state index contributed by atoms with van der Waals surface area (Å²) in [4.78, 5) is 37.5. The zero-order valence-corrected chi connectivity index (χ0v) is 13.0. The number of rotatable bonds is 5. The lowest BCUT2D eigenvalue weighted by atomic mass is 10.2. The van der Waals surface area contributed by atoms with E-state index in [2.05, 4.69) is 4.98 Å². The van der Waals surface area contributed by atoms with Gasteiger partial charge in [-0.2, -0.15) is 0 Å². The van der Waals surface area contributed by atoms with Crippen LogP contribution in [0.1, 0.15) is 5.56 Å². The maximum atomic E-state index is 12.4. The van der Waals surface area contributed by atoms with Crippen LogP contribution in [0.3, 0.4) is 0 Å². The maximum absolute atomic E-state index is 12.4. The Labute approximate surface area is 141 Å². The Hall–Kier alpha value is -3.61. The summed E-state index contributed by atoms with van der Waals surface area (Å²) in [6.07, 6.45) is 0.660. The van der Waals surface area contributed by atoms with Gasteiger partial charge in [-0.15, -0.1) is 0 Å². The van der Waals surface area contributed by atoms with Crippen molar-refractivity contribution in [3.63, 3.8) is 0 Å². The van der Waals surface area contributed by atoms with Gasteiger partial charge in [-0.25, -0.2) is 9.36 Å². The average molecular weight is 338 g/mol. The van der Waals surface area contributed by atoms with Crippen molar-refractivity contribution in [2.45, 2.75) is 6.42 Å². The Morgan fingerprint density at radius 2 is 1.64 bits per heavy atom. The van der Waals surface area contributed by atoms with Gasteiger partial charge in [-0.3, -0.25) is 9.59 Å². The number of carbonyl (C=O) groups is 1. The molecular formula is C18H14N2O5. The van der Waals surface area contributed by atoms with Gasteiger partial charge in [-0.05, 0) is 36.4 Å². The third-order valence-corrected chi connectivity index (χ3v) is 3.47. The van der Waals surface area contributed by atoms with E-state index in [9.17, 15) is 14.4 Å². The van der Waals surface area contributed by atoms with Crippen molar-refractivity contribution < 1.29 is 14.6 Å². The van der Waals surface area contributed by atoms with Crippen LogP contribution >= 0.6 is 0 Å². The van der Waals surface area contributed by atoms with Crippen molar-refractivity contribution in [1.29, 1.82) is 0 Å². The molecule has 25 heavy (non-hydrogen) atoms. The zero-order chi connectivity index (χ0) is 17.8. The van der Waals surface area contributed by atoms with Gasteiger partial charge in [0.15, 0.2) is 0 Å². The van der Waals surface area contributed by atoms with Crippen molar-refractivity contribution >= 4 is 5.97 Å². The molecule has 1 aromatic heterocycles. The van der Waals surface area contributed by atoms with Gasteiger partial charge >= 0.3 is 11.7 Å². The van der Waals surface area contributed by atoms with Gasteiger partial charge in [0, 0.05) is 11.8 Å². The monoisotopic (exact) mass is 338 g/mol. The molecular weight excluding hydrogens is 324 g/mol. The largest absolute Gasteiger partial charge is 0.481 e. The second kappa shape index (κ2) is 6.88. The van der Waals surface area contributed by atoms with Gasteiger partial charge in [0.05, 0.1) is 12.1 Å². The lowest BCUT2D eigenvalue weighted by Gasteiger charge is -2.08. The summed E-state index contributed by atoms with van der Waals surface area (Å²) in [5, 5.41) is 8.84. The number of aromatic amines is 1. The third-order valence-electron chi connectivity index (χ3n) is 3.47. The van der Waals surface area contributed by atoms with E-state index in [1.165, 1.54) is 0 Å². The number of H-pyrrole nitrogens is 1. The van der Waals surface area contributed by atoms with Crippen LogP contribution in [-0.4, -0.2) is 20.6 Å². The van der Waals surface area contributed by atoms with Crippen molar-refractivity contribution in [3.8, 4) is 17.2 Å². The smallest absolute Gasteiger partial charge is 0.332 e. The molecule has 0 atom stereocenters. The van der Waals surface area contributed by atoms with E-state index < -0.39 is 23.6 Å². The van der Waals surface area contributed by atoms with Gasteiger partial charge in [0.1, 0.15) is 11.5 Å². The number of nitrogens with one attached hydrogen (secondary N) is 1. The van der Waals surface area contributed by atoms with Crippen LogP contribution in [0.2, 0.25) is 0 Å². The fourth-order valence-corrected chi connectivity index (χ4v) is 2.32. The number of hydrogen-bond donors (Lipinski definition) is 2. The molecule has 0 aliphatic heterocycles. The highest BCUT2D eigenvalue weighted by Crippen LogP contribution is 2.21. The minimum Gasteiger partial charge on any atom is -0.481 e. The summed E-state index contributed by atoms with van der Waals surface area (Å²) in [5.41, 5.74) is -0.991. The van der Waals surface area contributed by atoms with E-state index >= 15 is 0 Å². The standard InChI is InChI=1S/C18H14N2O5/c21-16(22)10-12-11-19-18(24)20(17(12)23)13-6-8-15(9-7-13)25-14-4-2-1-3-5-14/h1-9,11H,10H2,(H,19,24)(H,21,22). The summed E-state index contributed by atoms with van der Waals surface area (Å²) >= 11 is 0. The Kier molecular flexibility index (Phi) is 4.47. The lowest BCUT2D eigenvalue weighted by molar-refractivity contribution is -0.136. The predicted octanol–water partition coefficient (Wildman–Crippen LogP) is 1.95. The van der Waals surface area contributed by atoms with E-state index in [4.69, 9.17) is 9.84 Å². The molecule has 0 radical (unpaired) electrons. The summed E-state index contributed by atoms with van der Waals surface area (Å²) in [5.74, 6) is 0.0529. The summed E-state index contributed by atoms with van der Waals surface area (Å²) < 4.78 is 6.55. The third kappa shape index (κ3) is 3.66. The van der Waals surface area contributed by atoms with Gasteiger partial charge < -0.3 is 14.8 Å². The van der Waals surface area contributed by atoms with E-state index in [0.29, 0.717) is 17.2 Å². The van der Waals surface area contributed by atoms with Crippen molar-refractivity contribution in [3.05, 3.63) is 87.2 Å². The van der Waals surface area contributed by atoms with Crippen LogP contribution in [0.4, 0.5) is 0 Å². The number of hydrogen-bond acceptors (Lipinski definition) is 4. The van der Waals surface area contributed by atoms with E-state index in [-0.39, 0.29) is 5.56 Å². The van der Waals surface area contributed by atoms with Crippen LogP contribution in [0.25, 0.3) is 5.69 Å². The molecule has 0 bridgehead atoms. The molecule has 2 N–H and O–H groups in total. The van der Waals surface area contributed by atoms with Crippen molar-refractivity contribution in [2.75, 3.05) is 0 Å². The fraction of sp³-hybridized carbons (Fsp3) is 0.0556. The van der Waals surface area contributed by atoms with E-state index in [0.717, 1.165) is 10.8 Å². The average Bonchev–Trinajstić information content (AvgIpc) is 2.60. The number of carboxylic acids is 1. The summed E-state index contributed by atoms with van der Waals surface area (Å²) in [6.45, 7) is 0. The Morgan fingerprint density at radius 3 is 2.28 bits per heavy atom. The molecule has 0 fully saturated rings. The Morgan fingerprint density at radius 1 is 1.00 bits per heavy atom. The number of ether oxygens (including phenoxy) is 1. The molecule has 126 valence electrons. The molecule has 0 spiro atoms. The van der Waals surface area contributed by atoms with Crippen molar-refractivity contribution in [1.82, 2.24) is 9.55 Å². The topological polar surface area (TPSA) is 101 Å². The van der Waals surface area contributed by atoms with Crippen LogP contribution in [0.15, 0.2) is 70.4 Å². The Balaban J connectivity index is 1.93. The molecule has 7 heteroatoms. The molecule has 1 heterocycles. The first kappa shape index (κ1) is 16.3. The van der Waals surface area contributed by atoms with Crippen LogP contribution < -0.4 is 16.0 Å². The molecule has 0 amide bonds. The van der Waals surface area contributed by atoms with Gasteiger partial charge in [0.2, 0.25) is 0 Å². The Bertz CT molecular complexity index is 1000. The van der Waals surface area contributed by atoms with E-state index in [1.54, 1.807) is 36.4 Å². The predicted molar refractivity (Wildman–Crippen MR) is 90.5 cm³/mol. The molecule has 0 saturated heterocycles. The first-order valence-corrected chi connectivity index (χ1v) is 7.43. The van der Waals surface area contributed by atoms with Crippen LogP contribution in [0.5, 0.6) is 11.5 Å². The highest BCUT2D eigenvalue weighted by Gasteiger charge is 2.12. The molecule has 7 nitrogen and oxygen atoms in total. The molecule has 0 saturated carbocycles. The molecule has 0 unspecified atom stereocenters. The fourth-order valence-electron chi connectivity index (χ4n) is 2.32. The minimum atomic E-state index is -1.15. The number of aromatic nitrogens is 2. The number of carboxylic acid groups (broad SMARTS) is 1. The SMILES string of the molecule is O=C(O)Cc1c[nH]c(=O)n(-c2ccc(Oc3ccccc3)cc2)c1=O. The van der Waals surface area contributed by atoms with Crippen LogP contribution in [-0.2, 0) is 11.2 Å². The molecule has 0 aliphatic rings. The van der Waals surface area contributed by atoms with E-state index in [1.807, 2.05) is 18.2 Å². The molecule has 0 aliphatic carbocycles.